The first kappa shape index (κ1) is 17.5. The molecule has 0 saturated heterocycles. The zero-order valence-corrected chi connectivity index (χ0v) is 14.3. The molecule has 130 valence electrons. The van der Waals surface area contributed by atoms with Crippen molar-refractivity contribution >= 4 is 34.2 Å². The SMILES string of the molecule is N#C/C(=C(/O)COC(=O)Cc1ccccc1Cl)c1nc2ccccc2[nH]1. The van der Waals surface area contributed by atoms with Crippen LogP contribution in [0.4, 0.5) is 0 Å². The van der Waals surface area contributed by atoms with Crippen LogP contribution in [0.3, 0.4) is 0 Å². The number of halogens is 1. The fraction of sp³-hybridized carbons (Fsp3) is 0.105. The van der Waals surface area contributed by atoms with Gasteiger partial charge in [0.25, 0.3) is 0 Å². The quantitative estimate of drug-likeness (QED) is 0.406. The van der Waals surface area contributed by atoms with Gasteiger partial charge in [-0.2, -0.15) is 5.26 Å². The number of aliphatic hydroxyl groups excluding tert-OH is 1. The summed E-state index contributed by atoms with van der Waals surface area (Å²) in [5.74, 6) is -0.723. The van der Waals surface area contributed by atoms with Crippen molar-refractivity contribution in [1.82, 2.24) is 9.97 Å². The number of para-hydroxylation sites is 2. The first-order valence-corrected chi connectivity index (χ1v) is 8.12. The molecule has 0 aliphatic carbocycles. The van der Waals surface area contributed by atoms with Gasteiger partial charge >= 0.3 is 5.97 Å². The number of allylic oxidation sites excluding steroid dienone is 1. The number of aromatic amines is 1. The number of aromatic nitrogens is 2. The summed E-state index contributed by atoms with van der Waals surface area (Å²) >= 11 is 6.00. The lowest BCUT2D eigenvalue weighted by Gasteiger charge is -2.06. The highest BCUT2D eigenvalue weighted by atomic mass is 35.5. The van der Waals surface area contributed by atoms with Crippen LogP contribution in [0, 0.1) is 11.3 Å². The number of nitrogens with one attached hydrogen (secondary N) is 1. The summed E-state index contributed by atoms with van der Waals surface area (Å²) in [6, 6.07) is 16.0. The molecule has 3 aromatic rings. The molecule has 0 unspecified atom stereocenters. The molecular formula is C19H14ClN3O3. The van der Waals surface area contributed by atoms with Gasteiger partial charge in [0.1, 0.15) is 18.2 Å². The van der Waals surface area contributed by atoms with Crippen molar-refractivity contribution in [2.45, 2.75) is 6.42 Å². The van der Waals surface area contributed by atoms with Gasteiger partial charge in [-0.3, -0.25) is 4.79 Å². The summed E-state index contributed by atoms with van der Waals surface area (Å²) in [7, 11) is 0. The van der Waals surface area contributed by atoms with E-state index in [1.807, 2.05) is 24.3 Å². The van der Waals surface area contributed by atoms with E-state index in [0.717, 1.165) is 5.52 Å². The number of nitrogens with zero attached hydrogens (tertiary/aromatic N) is 2. The summed E-state index contributed by atoms with van der Waals surface area (Å²) in [6.45, 7) is -0.427. The number of imidazole rings is 1. The van der Waals surface area contributed by atoms with Gasteiger partial charge in [0, 0.05) is 5.02 Å². The van der Waals surface area contributed by atoms with Gasteiger partial charge < -0.3 is 14.8 Å². The average Bonchev–Trinajstić information content (AvgIpc) is 3.06. The second-order valence-corrected chi connectivity index (χ2v) is 5.87. The molecule has 0 spiro atoms. The minimum Gasteiger partial charge on any atom is -0.507 e. The Labute approximate surface area is 154 Å². The van der Waals surface area contributed by atoms with Crippen LogP contribution >= 0.6 is 11.6 Å². The van der Waals surface area contributed by atoms with Crippen LogP contribution in [0.5, 0.6) is 0 Å². The molecule has 0 fully saturated rings. The number of hydrogen-bond acceptors (Lipinski definition) is 5. The topological polar surface area (TPSA) is 99.0 Å². The predicted octanol–water partition coefficient (Wildman–Crippen LogP) is 3.79. The minimum atomic E-state index is -0.563. The normalized spacial score (nSPS) is 11.7. The van der Waals surface area contributed by atoms with E-state index in [9.17, 15) is 15.2 Å². The molecule has 0 atom stereocenters. The molecule has 1 heterocycles. The maximum Gasteiger partial charge on any atom is 0.310 e. The van der Waals surface area contributed by atoms with Crippen LogP contribution in [0.15, 0.2) is 54.3 Å². The molecule has 26 heavy (non-hydrogen) atoms. The second kappa shape index (κ2) is 7.72. The van der Waals surface area contributed by atoms with Gasteiger partial charge in [0.15, 0.2) is 11.6 Å². The molecule has 0 aliphatic rings. The predicted molar refractivity (Wildman–Crippen MR) is 97.4 cm³/mol. The van der Waals surface area contributed by atoms with E-state index in [-0.39, 0.29) is 23.6 Å². The Kier molecular flexibility index (Phi) is 5.20. The smallest absolute Gasteiger partial charge is 0.310 e. The highest BCUT2D eigenvalue weighted by Crippen LogP contribution is 2.19. The molecule has 0 amide bonds. The van der Waals surface area contributed by atoms with E-state index in [1.165, 1.54) is 0 Å². The first-order chi connectivity index (χ1) is 12.6. The number of H-pyrrole nitrogens is 1. The summed E-state index contributed by atoms with van der Waals surface area (Å²) < 4.78 is 5.04. The lowest BCUT2D eigenvalue weighted by molar-refractivity contribution is -0.142. The number of esters is 1. The lowest BCUT2D eigenvalue weighted by atomic mass is 10.1. The van der Waals surface area contributed by atoms with Crippen molar-refractivity contribution in [3.63, 3.8) is 0 Å². The zero-order chi connectivity index (χ0) is 18.5. The Bertz CT molecular complexity index is 1000. The molecule has 0 aliphatic heterocycles. The van der Waals surface area contributed by atoms with Crippen molar-refractivity contribution in [1.29, 1.82) is 5.26 Å². The number of ether oxygens (including phenoxy) is 1. The Morgan fingerprint density at radius 1 is 1.23 bits per heavy atom. The number of benzene rings is 2. The third kappa shape index (κ3) is 3.85. The molecular weight excluding hydrogens is 354 g/mol. The Morgan fingerprint density at radius 3 is 2.69 bits per heavy atom. The molecule has 0 saturated carbocycles. The maximum atomic E-state index is 11.9. The van der Waals surface area contributed by atoms with Crippen molar-refractivity contribution in [3.8, 4) is 6.07 Å². The Balaban J connectivity index is 1.72. The standard InChI is InChI=1S/C19H14ClN3O3/c20-14-6-2-1-5-12(14)9-18(25)26-11-17(24)13(10-21)19-22-15-7-3-4-8-16(15)23-19/h1-8,24H,9,11H2,(H,22,23)/b17-13-. The molecule has 2 N–H and O–H groups in total. The molecule has 1 aromatic heterocycles. The van der Waals surface area contributed by atoms with E-state index in [4.69, 9.17) is 16.3 Å². The van der Waals surface area contributed by atoms with Crippen molar-refractivity contribution < 1.29 is 14.6 Å². The summed E-state index contributed by atoms with van der Waals surface area (Å²) in [6.07, 6.45) is -0.0283. The van der Waals surface area contributed by atoms with E-state index in [2.05, 4.69) is 9.97 Å². The number of carbonyl (C=O) groups is 1. The maximum absolute atomic E-state index is 11.9. The van der Waals surface area contributed by atoms with E-state index in [1.54, 1.807) is 30.3 Å². The van der Waals surface area contributed by atoms with E-state index >= 15 is 0 Å². The van der Waals surface area contributed by atoms with Gasteiger partial charge in [0.05, 0.1) is 17.5 Å². The van der Waals surface area contributed by atoms with Crippen LogP contribution in [0.2, 0.25) is 5.02 Å². The largest absolute Gasteiger partial charge is 0.507 e. The van der Waals surface area contributed by atoms with Crippen molar-refractivity contribution in [2.75, 3.05) is 6.61 Å². The molecule has 7 heteroatoms. The number of carbonyl (C=O) groups excluding carboxylic acids is 1. The summed E-state index contributed by atoms with van der Waals surface area (Å²) in [5, 5.41) is 19.9. The first-order valence-electron chi connectivity index (χ1n) is 7.75. The van der Waals surface area contributed by atoms with E-state index < -0.39 is 12.6 Å². The van der Waals surface area contributed by atoms with Crippen LogP contribution in [0.1, 0.15) is 11.4 Å². The molecule has 6 nitrogen and oxygen atoms in total. The monoisotopic (exact) mass is 367 g/mol. The Morgan fingerprint density at radius 2 is 1.96 bits per heavy atom. The molecule has 0 bridgehead atoms. The van der Waals surface area contributed by atoms with Gasteiger partial charge in [-0.1, -0.05) is 41.9 Å². The van der Waals surface area contributed by atoms with Crippen molar-refractivity contribution in [2.24, 2.45) is 0 Å². The zero-order valence-electron chi connectivity index (χ0n) is 13.6. The van der Waals surface area contributed by atoms with Gasteiger partial charge in [-0.25, -0.2) is 4.98 Å². The third-order valence-corrected chi connectivity index (χ3v) is 4.06. The van der Waals surface area contributed by atoms with Gasteiger partial charge in [-0.15, -0.1) is 0 Å². The Hall–Kier alpha value is -3.30. The lowest BCUT2D eigenvalue weighted by Crippen LogP contribution is -2.11. The van der Waals surface area contributed by atoms with Gasteiger partial charge in [0.2, 0.25) is 0 Å². The second-order valence-electron chi connectivity index (χ2n) is 5.46. The van der Waals surface area contributed by atoms with E-state index in [0.29, 0.717) is 16.1 Å². The van der Waals surface area contributed by atoms with Crippen LogP contribution in [-0.4, -0.2) is 27.7 Å². The van der Waals surface area contributed by atoms with Crippen LogP contribution < -0.4 is 0 Å². The fourth-order valence-electron chi connectivity index (χ4n) is 2.39. The number of fused-ring (bicyclic) bond motifs is 1. The fourth-order valence-corrected chi connectivity index (χ4v) is 2.60. The highest BCUT2D eigenvalue weighted by molar-refractivity contribution is 6.31. The molecule has 3 rings (SSSR count). The number of aliphatic hydroxyl groups is 1. The molecule has 0 radical (unpaired) electrons. The number of hydrogen-bond donors (Lipinski definition) is 2. The third-order valence-electron chi connectivity index (χ3n) is 3.69. The summed E-state index contributed by atoms with van der Waals surface area (Å²) in [4.78, 5) is 19.1. The van der Waals surface area contributed by atoms with Crippen molar-refractivity contribution in [3.05, 3.63) is 70.7 Å². The molecule has 2 aromatic carbocycles. The number of nitriles is 1. The highest BCUT2D eigenvalue weighted by Gasteiger charge is 2.15. The average molecular weight is 368 g/mol. The summed E-state index contributed by atoms with van der Waals surface area (Å²) in [5.41, 5.74) is 1.95. The minimum absolute atomic E-state index is 0.0283. The van der Waals surface area contributed by atoms with Crippen LogP contribution in [0.25, 0.3) is 16.6 Å². The van der Waals surface area contributed by atoms with Crippen LogP contribution in [-0.2, 0) is 16.0 Å². The van der Waals surface area contributed by atoms with Gasteiger partial charge in [-0.05, 0) is 23.8 Å². The number of rotatable bonds is 5.